The zero-order chi connectivity index (χ0) is 16.1. The van der Waals surface area contributed by atoms with Crippen LogP contribution in [0.3, 0.4) is 0 Å². The van der Waals surface area contributed by atoms with E-state index < -0.39 is 6.61 Å². The maximum Gasteiger partial charge on any atom is 0.387 e. The molecule has 0 radical (unpaired) electrons. The Kier molecular flexibility index (Phi) is 5.37. The summed E-state index contributed by atoms with van der Waals surface area (Å²) in [7, 11) is 0. The van der Waals surface area contributed by atoms with Gasteiger partial charge in [0.2, 0.25) is 5.13 Å². The van der Waals surface area contributed by atoms with E-state index in [2.05, 4.69) is 34.1 Å². The van der Waals surface area contributed by atoms with Crippen LogP contribution in [0, 0.1) is 5.92 Å². The summed E-state index contributed by atoms with van der Waals surface area (Å²) >= 11 is 1.32. The van der Waals surface area contributed by atoms with Crippen LogP contribution in [0.25, 0.3) is 0 Å². The third-order valence-electron chi connectivity index (χ3n) is 2.61. The second-order valence-corrected chi connectivity index (χ2v) is 6.02. The highest BCUT2D eigenvalue weighted by Gasteiger charge is 2.12. The van der Waals surface area contributed by atoms with Gasteiger partial charge in [-0.3, -0.25) is 10.1 Å². The van der Waals surface area contributed by atoms with Gasteiger partial charge in [0.25, 0.3) is 5.91 Å². The van der Waals surface area contributed by atoms with Crippen LogP contribution in [0.15, 0.2) is 24.3 Å². The SMILES string of the molecule is CC(C)Cc1nnc(NC(=O)c2ccc(OC(F)F)cc2)s1. The second kappa shape index (κ2) is 7.26. The maximum absolute atomic E-state index is 12.0. The van der Waals surface area contributed by atoms with Crippen molar-refractivity contribution in [2.75, 3.05) is 5.32 Å². The van der Waals surface area contributed by atoms with Crippen LogP contribution in [0.1, 0.15) is 29.2 Å². The minimum atomic E-state index is -2.89. The number of alkyl halides is 2. The summed E-state index contributed by atoms with van der Waals surface area (Å²) in [4.78, 5) is 12.0. The van der Waals surface area contributed by atoms with Gasteiger partial charge in [-0.15, -0.1) is 10.2 Å². The summed E-state index contributed by atoms with van der Waals surface area (Å²) < 4.78 is 28.3. The molecule has 0 fully saturated rings. The maximum atomic E-state index is 12.0. The van der Waals surface area contributed by atoms with Gasteiger partial charge in [0.15, 0.2) is 0 Å². The van der Waals surface area contributed by atoms with Crippen molar-refractivity contribution in [2.24, 2.45) is 5.92 Å². The average Bonchev–Trinajstić information content (AvgIpc) is 2.85. The monoisotopic (exact) mass is 327 g/mol. The van der Waals surface area contributed by atoms with Gasteiger partial charge in [-0.1, -0.05) is 25.2 Å². The van der Waals surface area contributed by atoms with Gasteiger partial charge >= 0.3 is 6.61 Å². The number of halogens is 2. The molecule has 1 aromatic carbocycles. The number of aromatic nitrogens is 2. The van der Waals surface area contributed by atoms with E-state index in [1.54, 1.807) is 0 Å². The highest BCUT2D eigenvalue weighted by Crippen LogP contribution is 2.20. The van der Waals surface area contributed by atoms with Crippen LogP contribution in [-0.4, -0.2) is 22.7 Å². The van der Waals surface area contributed by atoms with Crippen LogP contribution in [0.4, 0.5) is 13.9 Å². The molecule has 8 heteroatoms. The Morgan fingerprint density at radius 1 is 1.27 bits per heavy atom. The normalized spacial score (nSPS) is 11.0. The zero-order valence-corrected chi connectivity index (χ0v) is 12.9. The van der Waals surface area contributed by atoms with E-state index in [4.69, 9.17) is 0 Å². The molecule has 22 heavy (non-hydrogen) atoms. The minimum absolute atomic E-state index is 0.00156. The number of hydrogen-bond acceptors (Lipinski definition) is 5. The highest BCUT2D eigenvalue weighted by molar-refractivity contribution is 7.15. The first-order valence-corrected chi connectivity index (χ1v) is 7.44. The van der Waals surface area contributed by atoms with Gasteiger partial charge < -0.3 is 4.74 Å². The molecule has 1 amide bonds. The number of hydrogen-bond donors (Lipinski definition) is 1. The Balaban J connectivity index is 1.98. The lowest BCUT2D eigenvalue weighted by Crippen LogP contribution is -2.11. The van der Waals surface area contributed by atoms with Gasteiger partial charge in [-0.2, -0.15) is 8.78 Å². The number of amides is 1. The first-order valence-electron chi connectivity index (χ1n) is 6.62. The molecule has 0 aliphatic heterocycles. The van der Waals surface area contributed by atoms with E-state index in [1.807, 2.05) is 0 Å². The third kappa shape index (κ3) is 4.73. The van der Waals surface area contributed by atoms with Crippen LogP contribution >= 0.6 is 11.3 Å². The Labute approximate surface area is 130 Å². The Morgan fingerprint density at radius 3 is 2.55 bits per heavy atom. The molecule has 1 N–H and O–H groups in total. The topological polar surface area (TPSA) is 64.1 Å². The van der Waals surface area contributed by atoms with Gasteiger partial charge in [0.1, 0.15) is 10.8 Å². The molecule has 118 valence electrons. The first-order chi connectivity index (χ1) is 10.4. The molecule has 1 aromatic heterocycles. The molecule has 0 spiro atoms. The molecule has 1 heterocycles. The number of anilines is 1. The third-order valence-corrected chi connectivity index (χ3v) is 3.47. The lowest BCUT2D eigenvalue weighted by molar-refractivity contribution is -0.0498. The molecule has 0 saturated heterocycles. The fraction of sp³-hybridized carbons (Fsp3) is 0.357. The standard InChI is InChI=1S/C14H15F2N3O2S/c1-8(2)7-11-18-19-14(22-11)17-12(20)9-3-5-10(6-4-9)21-13(15)16/h3-6,8,13H,7H2,1-2H3,(H,17,19,20). The van der Waals surface area contributed by atoms with Gasteiger partial charge in [0, 0.05) is 12.0 Å². The van der Waals surface area contributed by atoms with Crippen molar-refractivity contribution in [3.8, 4) is 5.75 Å². The van der Waals surface area contributed by atoms with Crippen molar-refractivity contribution in [3.05, 3.63) is 34.8 Å². The summed E-state index contributed by atoms with van der Waals surface area (Å²) in [5.74, 6) is 0.0800. The van der Waals surface area contributed by atoms with E-state index in [-0.39, 0.29) is 11.7 Å². The van der Waals surface area contributed by atoms with Gasteiger partial charge in [-0.05, 0) is 30.2 Å². The second-order valence-electron chi connectivity index (χ2n) is 4.96. The van der Waals surface area contributed by atoms with E-state index >= 15 is 0 Å². The van der Waals surface area contributed by atoms with Crippen LogP contribution < -0.4 is 10.1 Å². The molecule has 0 aliphatic carbocycles. The van der Waals surface area contributed by atoms with Crippen molar-refractivity contribution in [3.63, 3.8) is 0 Å². The minimum Gasteiger partial charge on any atom is -0.435 e. The summed E-state index contributed by atoms with van der Waals surface area (Å²) in [6, 6.07) is 5.43. The summed E-state index contributed by atoms with van der Waals surface area (Å²) in [6.07, 6.45) is 0.799. The zero-order valence-electron chi connectivity index (χ0n) is 12.0. The van der Waals surface area contributed by atoms with Gasteiger partial charge in [0.05, 0.1) is 0 Å². The van der Waals surface area contributed by atoms with E-state index in [0.717, 1.165) is 11.4 Å². The lowest BCUT2D eigenvalue weighted by Gasteiger charge is -2.05. The molecule has 0 aliphatic rings. The molecule has 2 aromatic rings. The Morgan fingerprint density at radius 2 is 1.95 bits per heavy atom. The smallest absolute Gasteiger partial charge is 0.387 e. The predicted molar refractivity (Wildman–Crippen MR) is 79.5 cm³/mol. The molecular formula is C14H15F2N3O2S. The lowest BCUT2D eigenvalue weighted by atomic mass is 10.1. The number of nitrogens with zero attached hydrogens (tertiary/aromatic N) is 2. The fourth-order valence-corrected chi connectivity index (χ4v) is 2.64. The Bertz CT molecular complexity index is 629. The van der Waals surface area contributed by atoms with Crippen LogP contribution in [0.2, 0.25) is 0 Å². The molecule has 0 saturated carbocycles. The summed E-state index contributed by atoms with van der Waals surface area (Å²) in [6.45, 7) is 1.26. The molecule has 0 atom stereocenters. The number of ether oxygens (including phenoxy) is 1. The van der Waals surface area contributed by atoms with Crippen molar-refractivity contribution in [1.82, 2.24) is 10.2 Å². The van der Waals surface area contributed by atoms with Crippen LogP contribution in [-0.2, 0) is 6.42 Å². The van der Waals surface area contributed by atoms with Crippen molar-refractivity contribution < 1.29 is 18.3 Å². The van der Waals surface area contributed by atoms with Gasteiger partial charge in [-0.25, -0.2) is 0 Å². The number of carbonyl (C=O) groups excluding carboxylic acids is 1. The number of benzene rings is 1. The van der Waals surface area contributed by atoms with E-state index in [9.17, 15) is 13.6 Å². The van der Waals surface area contributed by atoms with Crippen molar-refractivity contribution in [1.29, 1.82) is 0 Å². The molecule has 0 unspecified atom stereocenters. The number of rotatable bonds is 6. The van der Waals surface area contributed by atoms with E-state index in [0.29, 0.717) is 16.6 Å². The largest absolute Gasteiger partial charge is 0.435 e. The van der Waals surface area contributed by atoms with Crippen molar-refractivity contribution in [2.45, 2.75) is 26.9 Å². The molecule has 0 bridgehead atoms. The quantitative estimate of drug-likeness (QED) is 0.880. The molecule has 2 rings (SSSR count). The number of carbonyl (C=O) groups is 1. The molecular weight excluding hydrogens is 312 g/mol. The highest BCUT2D eigenvalue weighted by atomic mass is 32.1. The first kappa shape index (κ1) is 16.3. The molecule has 5 nitrogen and oxygen atoms in total. The summed E-state index contributed by atoms with van der Waals surface area (Å²) in [5, 5.41) is 11.8. The summed E-state index contributed by atoms with van der Waals surface area (Å²) in [5.41, 5.74) is 0.322. The Hall–Kier alpha value is -2.09. The fourth-order valence-electron chi connectivity index (χ4n) is 1.69. The van der Waals surface area contributed by atoms with Crippen molar-refractivity contribution >= 4 is 22.4 Å². The number of nitrogens with one attached hydrogen (secondary N) is 1. The van der Waals surface area contributed by atoms with E-state index in [1.165, 1.54) is 35.6 Å². The van der Waals surface area contributed by atoms with Crippen LogP contribution in [0.5, 0.6) is 5.75 Å². The predicted octanol–water partition coefficient (Wildman–Crippen LogP) is 3.59. The average molecular weight is 327 g/mol.